The second-order valence-corrected chi connectivity index (χ2v) is 7.74. The third-order valence-corrected chi connectivity index (χ3v) is 5.34. The number of amides is 2. The van der Waals surface area contributed by atoms with Crippen LogP contribution in [0.5, 0.6) is 0 Å². The SMILES string of the molecule is O=C(Cc1ccc(F)cc1)NCc1ccccc1-c1ccccc1C(=O)Nc1ccc(F)cc1. The van der Waals surface area contributed by atoms with Crippen LogP contribution in [0.3, 0.4) is 0 Å². The maximum Gasteiger partial charge on any atom is 0.256 e. The summed E-state index contributed by atoms with van der Waals surface area (Å²) < 4.78 is 26.3. The fourth-order valence-electron chi connectivity index (χ4n) is 3.63. The quantitative estimate of drug-likeness (QED) is 0.372. The highest BCUT2D eigenvalue weighted by Crippen LogP contribution is 2.28. The molecule has 0 radical (unpaired) electrons. The van der Waals surface area contributed by atoms with Crippen molar-refractivity contribution in [2.45, 2.75) is 13.0 Å². The van der Waals surface area contributed by atoms with Crippen LogP contribution in [0.2, 0.25) is 0 Å². The van der Waals surface area contributed by atoms with Crippen molar-refractivity contribution in [3.63, 3.8) is 0 Å². The Morgan fingerprint density at radius 2 is 1.26 bits per heavy atom. The van der Waals surface area contributed by atoms with E-state index in [0.29, 0.717) is 16.8 Å². The lowest BCUT2D eigenvalue weighted by Crippen LogP contribution is -2.25. The Bertz CT molecular complexity index is 1300. The molecule has 0 bridgehead atoms. The summed E-state index contributed by atoms with van der Waals surface area (Å²) >= 11 is 0. The summed E-state index contributed by atoms with van der Waals surface area (Å²) in [5.74, 6) is -1.24. The van der Waals surface area contributed by atoms with Gasteiger partial charge in [0, 0.05) is 17.8 Å². The molecule has 0 aliphatic heterocycles. The van der Waals surface area contributed by atoms with E-state index in [2.05, 4.69) is 10.6 Å². The van der Waals surface area contributed by atoms with Crippen LogP contribution in [0, 0.1) is 11.6 Å². The second-order valence-electron chi connectivity index (χ2n) is 7.74. The van der Waals surface area contributed by atoms with Crippen LogP contribution in [-0.2, 0) is 17.8 Å². The molecule has 0 aromatic heterocycles. The largest absolute Gasteiger partial charge is 0.352 e. The molecule has 2 N–H and O–H groups in total. The van der Waals surface area contributed by atoms with Crippen LogP contribution >= 0.6 is 0 Å². The Labute approximate surface area is 196 Å². The van der Waals surface area contributed by atoms with Gasteiger partial charge in [-0.2, -0.15) is 0 Å². The number of halogens is 2. The van der Waals surface area contributed by atoms with Crippen molar-refractivity contribution in [1.82, 2.24) is 5.32 Å². The number of anilines is 1. The van der Waals surface area contributed by atoms with Crippen LogP contribution in [0.25, 0.3) is 11.1 Å². The summed E-state index contributed by atoms with van der Waals surface area (Å²) in [5.41, 5.74) is 4.03. The molecule has 0 unspecified atom stereocenters. The monoisotopic (exact) mass is 456 g/mol. The van der Waals surface area contributed by atoms with Gasteiger partial charge in [-0.15, -0.1) is 0 Å². The third kappa shape index (κ3) is 5.72. The molecule has 4 aromatic carbocycles. The number of nitrogens with one attached hydrogen (secondary N) is 2. The molecule has 0 saturated heterocycles. The number of hydrogen-bond donors (Lipinski definition) is 2. The molecule has 6 heteroatoms. The maximum atomic E-state index is 13.2. The van der Waals surface area contributed by atoms with E-state index in [-0.39, 0.29) is 36.4 Å². The normalized spacial score (nSPS) is 10.5. The summed E-state index contributed by atoms with van der Waals surface area (Å²) in [7, 11) is 0. The van der Waals surface area contributed by atoms with Crippen molar-refractivity contribution in [1.29, 1.82) is 0 Å². The molecule has 4 rings (SSSR count). The summed E-state index contributed by atoms with van der Waals surface area (Å²) in [5, 5.41) is 5.69. The molecule has 0 aliphatic carbocycles. The lowest BCUT2D eigenvalue weighted by molar-refractivity contribution is -0.120. The van der Waals surface area contributed by atoms with Gasteiger partial charge in [0.1, 0.15) is 11.6 Å². The lowest BCUT2D eigenvalue weighted by Gasteiger charge is -2.15. The molecule has 0 spiro atoms. The molecule has 0 atom stereocenters. The zero-order valence-electron chi connectivity index (χ0n) is 18.2. The summed E-state index contributed by atoms with van der Waals surface area (Å²) in [6, 6.07) is 26.1. The predicted octanol–water partition coefficient (Wildman–Crippen LogP) is 5.74. The Kier molecular flexibility index (Phi) is 7.08. The molecule has 4 aromatic rings. The van der Waals surface area contributed by atoms with Gasteiger partial charge >= 0.3 is 0 Å². The zero-order chi connectivity index (χ0) is 23.9. The van der Waals surface area contributed by atoms with E-state index in [1.807, 2.05) is 36.4 Å². The second kappa shape index (κ2) is 10.5. The molecule has 0 saturated carbocycles. The van der Waals surface area contributed by atoms with Crippen molar-refractivity contribution in [3.8, 4) is 11.1 Å². The highest BCUT2D eigenvalue weighted by molar-refractivity contribution is 6.08. The molecule has 170 valence electrons. The van der Waals surface area contributed by atoms with Gasteiger partial charge < -0.3 is 10.6 Å². The van der Waals surface area contributed by atoms with Crippen molar-refractivity contribution >= 4 is 17.5 Å². The Balaban J connectivity index is 1.52. The van der Waals surface area contributed by atoms with E-state index >= 15 is 0 Å². The van der Waals surface area contributed by atoms with Gasteiger partial charge in [0.2, 0.25) is 5.91 Å². The smallest absolute Gasteiger partial charge is 0.256 e. The first-order valence-electron chi connectivity index (χ1n) is 10.7. The van der Waals surface area contributed by atoms with Crippen molar-refractivity contribution in [2.75, 3.05) is 5.32 Å². The Morgan fingerprint density at radius 1 is 0.676 bits per heavy atom. The summed E-state index contributed by atoms with van der Waals surface area (Å²) in [4.78, 5) is 25.4. The first-order chi connectivity index (χ1) is 16.5. The molecule has 2 amide bonds. The standard InChI is InChI=1S/C28H22F2N2O2/c29-21-11-9-19(10-12-21)17-27(33)31-18-20-5-1-2-6-24(20)25-7-3-4-8-26(25)28(34)32-23-15-13-22(30)14-16-23/h1-16H,17-18H2,(H,31,33)(H,32,34). The van der Waals surface area contributed by atoms with Crippen molar-refractivity contribution in [2.24, 2.45) is 0 Å². The number of rotatable bonds is 7. The number of carbonyl (C=O) groups excluding carboxylic acids is 2. The highest BCUT2D eigenvalue weighted by atomic mass is 19.1. The Morgan fingerprint density at radius 3 is 1.97 bits per heavy atom. The first kappa shape index (κ1) is 22.9. The van der Waals surface area contributed by atoms with Crippen LogP contribution in [0.15, 0.2) is 97.1 Å². The van der Waals surface area contributed by atoms with E-state index in [4.69, 9.17) is 0 Å². The van der Waals surface area contributed by atoms with Crippen LogP contribution in [0.4, 0.5) is 14.5 Å². The average molecular weight is 456 g/mol. The van der Waals surface area contributed by atoms with Gasteiger partial charge in [-0.05, 0) is 64.7 Å². The van der Waals surface area contributed by atoms with Gasteiger partial charge in [-0.1, -0.05) is 54.6 Å². The lowest BCUT2D eigenvalue weighted by atomic mass is 9.94. The van der Waals surface area contributed by atoms with Gasteiger partial charge in [0.05, 0.1) is 6.42 Å². The molecule has 0 fully saturated rings. The Hall–Kier alpha value is -4.32. The molecule has 4 nitrogen and oxygen atoms in total. The predicted molar refractivity (Wildman–Crippen MR) is 128 cm³/mol. The molecular formula is C28H22F2N2O2. The minimum Gasteiger partial charge on any atom is -0.352 e. The van der Waals surface area contributed by atoms with Crippen LogP contribution < -0.4 is 10.6 Å². The van der Waals surface area contributed by atoms with Gasteiger partial charge in [0.25, 0.3) is 5.91 Å². The van der Waals surface area contributed by atoms with Gasteiger partial charge in [-0.25, -0.2) is 8.78 Å². The van der Waals surface area contributed by atoms with E-state index in [0.717, 1.165) is 16.7 Å². The number of hydrogen-bond acceptors (Lipinski definition) is 2. The minimum atomic E-state index is -0.381. The van der Waals surface area contributed by atoms with Crippen LogP contribution in [-0.4, -0.2) is 11.8 Å². The fraction of sp³-hybridized carbons (Fsp3) is 0.0714. The van der Waals surface area contributed by atoms with Crippen LogP contribution in [0.1, 0.15) is 21.5 Å². The van der Waals surface area contributed by atoms with Crippen molar-refractivity contribution in [3.05, 3.63) is 125 Å². The number of carbonyl (C=O) groups is 2. The molecule has 34 heavy (non-hydrogen) atoms. The molecular weight excluding hydrogens is 434 g/mol. The van der Waals surface area contributed by atoms with Gasteiger partial charge in [-0.3, -0.25) is 9.59 Å². The van der Waals surface area contributed by atoms with E-state index < -0.39 is 0 Å². The summed E-state index contributed by atoms with van der Waals surface area (Å²) in [6.07, 6.45) is 0.138. The summed E-state index contributed by atoms with van der Waals surface area (Å²) in [6.45, 7) is 0.268. The van der Waals surface area contributed by atoms with E-state index in [1.54, 1.807) is 24.3 Å². The van der Waals surface area contributed by atoms with Crippen molar-refractivity contribution < 1.29 is 18.4 Å². The topological polar surface area (TPSA) is 58.2 Å². The maximum absolute atomic E-state index is 13.2. The molecule has 0 heterocycles. The highest BCUT2D eigenvalue weighted by Gasteiger charge is 2.15. The van der Waals surface area contributed by atoms with Gasteiger partial charge in [0.15, 0.2) is 0 Å². The average Bonchev–Trinajstić information content (AvgIpc) is 2.86. The van der Waals surface area contributed by atoms with E-state index in [1.165, 1.54) is 36.4 Å². The third-order valence-electron chi connectivity index (χ3n) is 5.34. The minimum absolute atomic E-state index is 0.138. The zero-order valence-corrected chi connectivity index (χ0v) is 18.2. The number of benzene rings is 4. The van der Waals surface area contributed by atoms with E-state index in [9.17, 15) is 18.4 Å². The molecule has 0 aliphatic rings. The fourth-order valence-corrected chi connectivity index (χ4v) is 3.63. The first-order valence-corrected chi connectivity index (χ1v) is 10.7.